The van der Waals surface area contributed by atoms with Crippen LogP contribution in [0.4, 0.5) is 5.69 Å². The maximum atomic E-state index is 12.3. The number of unbranched alkanes of at least 4 members (excludes halogenated alkanes) is 4. The lowest BCUT2D eigenvalue weighted by atomic mass is 10.1. The summed E-state index contributed by atoms with van der Waals surface area (Å²) in [5.74, 6) is 0.585. The summed E-state index contributed by atoms with van der Waals surface area (Å²) in [4.78, 5) is 12.3. The Kier molecular flexibility index (Phi) is 9.44. The van der Waals surface area contributed by atoms with Crippen molar-refractivity contribution in [3.05, 3.63) is 58.1 Å². The molecule has 2 N–H and O–H groups in total. The molecule has 150 valence electrons. The first-order chi connectivity index (χ1) is 13.5. The zero-order valence-electron chi connectivity index (χ0n) is 16.4. The smallest absolute Gasteiger partial charge is 0.257 e. The molecule has 2 aromatic carbocycles. The molecule has 0 heterocycles. The molecular weight excluding hydrogens is 436 g/mol. The van der Waals surface area contributed by atoms with E-state index in [0.717, 1.165) is 34.5 Å². The van der Waals surface area contributed by atoms with Gasteiger partial charge in [-0.05, 0) is 67.5 Å². The fraction of sp³-hybridized carbons (Fsp3) is 0.364. The van der Waals surface area contributed by atoms with Crippen molar-refractivity contribution in [2.24, 2.45) is 0 Å². The van der Waals surface area contributed by atoms with Crippen LogP contribution in [0, 0.1) is 6.92 Å². The van der Waals surface area contributed by atoms with Crippen molar-refractivity contribution in [1.82, 2.24) is 5.32 Å². The third-order valence-electron chi connectivity index (χ3n) is 4.29. The molecule has 4 nitrogen and oxygen atoms in total. The van der Waals surface area contributed by atoms with E-state index in [4.69, 9.17) is 17.0 Å². The van der Waals surface area contributed by atoms with Crippen molar-refractivity contribution < 1.29 is 9.53 Å². The quantitative estimate of drug-likeness (QED) is 0.342. The Balaban J connectivity index is 1.77. The number of rotatable bonds is 9. The van der Waals surface area contributed by atoms with Crippen LogP contribution in [0.15, 0.2) is 46.9 Å². The number of hydrogen-bond donors (Lipinski definition) is 2. The van der Waals surface area contributed by atoms with Crippen LogP contribution >= 0.6 is 28.1 Å². The van der Waals surface area contributed by atoms with Gasteiger partial charge in [0.15, 0.2) is 5.11 Å². The second-order valence-corrected chi connectivity index (χ2v) is 7.92. The molecule has 0 saturated carbocycles. The fourth-order valence-electron chi connectivity index (χ4n) is 2.60. The number of carbonyl (C=O) groups is 1. The molecular formula is C22H27BrN2O2S. The first kappa shape index (κ1) is 22.4. The zero-order chi connectivity index (χ0) is 20.4. The van der Waals surface area contributed by atoms with Crippen molar-refractivity contribution in [2.45, 2.75) is 46.0 Å². The van der Waals surface area contributed by atoms with Gasteiger partial charge in [0.1, 0.15) is 5.75 Å². The number of amides is 1. The van der Waals surface area contributed by atoms with Crippen LogP contribution in [0.5, 0.6) is 5.75 Å². The van der Waals surface area contributed by atoms with Crippen molar-refractivity contribution in [1.29, 1.82) is 0 Å². The molecule has 0 fully saturated rings. The highest BCUT2D eigenvalue weighted by Crippen LogP contribution is 2.18. The van der Waals surface area contributed by atoms with Gasteiger partial charge < -0.3 is 10.1 Å². The van der Waals surface area contributed by atoms with E-state index < -0.39 is 0 Å². The van der Waals surface area contributed by atoms with E-state index in [1.165, 1.54) is 25.7 Å². The number of benzene rings is 2. The van der Waals surface area contributed by atoms with Crippen LogP contribution in [0.1, 0.15) is 54.9 Å². The Morgan fingerprint density at radius 1 is 1.07 bits per heavy atom. The van der Waals surface area contributed by atoms with Gasteiger partial charge in [-0.3, -0.25) is 10.1 Å². The predicted octanol–water partition coefficient (Wildman–Crippen LogP) is 6.23. The van der Waals surface area contributed by atoms with E-state index in [1.54, 1.807) is 12.1 Å². The SMILES string of the molecule is CCCCCCCOc1ccc(NC(=S)NC(=O)c2ccc(C)c(Br)c2)cc1. The Morgan fingerprint density at radius 2 is 1.79 bits per heavy atom. The highest BCUT2D eigenvalue weighted by atomic mass is 79.9. The largest absolute Gasteiger partial charge is 0.494 e. The fourth-order valence-corrected chi connectivity index (χ4v) is 3.19. The number of nitrogens with one attached hydrogen (secondary N) is 2. The van der Waals surface area contributed by atoms with Gasteiger partial charge in [-0.1, -0.05) is 54.6 Å². The Labute approximate surface area is 181 Å². The van der Waals surface area contributed by atoms with Gasteiger partial charge in [0.05, 0.1) is 6.61 Å². The van der Waals surface area contributed by atoms with Gasteiger partial charge in [0.25, 0.3) is 5.91 Å². The number of aryl methyl sites for hydroxylation is 1. The lowest BCUT2D eigenvalue weighted by Crippen LogP contribution is -2.34. The number of thiocarbonyl (C=S) groups is 1. The normalized spacial score (nSPS) is 10.4. The van der Waals surface area contributed by atoms with E-state index >= 15 is 0 Å². The number of hydrogen-bond acceptors (Lipinski definition) is 3. The maximum absolute atomic E-state index is 12.3. The monoisotopic (exact) mass is 462 g/mol. The highest BCUT2D eigenvalue weighted by Gasteiger charge is 2.09. The summed E-state index contributed by atoms with van der Waals surface area (Å²) in [5, 5.41) is 5.97. The number of anilines is 1. The molecule has 6 heteroatoms. The molecule has 0 unspecified atom stereocenters. The number of ether oxygens (including phenoxy) is 1. The van der Waals surface area contributed by atoms with E-state index in [0.29, 0.717) is 5.56 Å². The summed E-state index contributed by atoms with van der Waals surface area (Å²) in [5.41, 5.74) is 2.41. The second-order valence-electron chi connectivity index (χ2n) is 6.66. The van der Waals surface area contributed by atoms with Crippen LogP contribution in [0.3, 0.4) is 0 Å². The van der Waals surface area contributed by atoms with Crippen LogP contribution in [0.2, 0.25) is 0 Å². The molecule has 0 radical (unpaired) electrons. The molecule has 28 heavy (non-hydrogen) atoms. The minimum atomic E-state index is -0.249. The lowest BCUT2D eigenvalue weighted by molar-refractivity contribution is 0.0977. The molecule has 0 bridgehead atoms. The minimum Gasteiger partial charge on any atom is -0.494 e. The van der Waals surface area contributed by atoms with Crippen LogP contribution < -0.4 is 15.4 Å². The van der Waals surface area contributed by atoms with Crippen molar-refractivity contribution in [3.8, 4) is 5.75 Å². The van der Waals surface area contributed by atoms with E-state index in [-0.39, 0.29) is 11.0 Å². The number of carbonyl (C=O) groups excluding carboxylic acids is 1. The molecule has 0 aliphatic heterocycles. The molecule has 1 amide bonds. The average Bonchev–Trinajstić information content (AvgIpc) is 2.68. The molecule has 0 saturated heterocycles. The molecule has 0 aromatic heterocycles. The number of halogens is 1. The van der Waals surface area contributed by atoms with Gasteiger partial charge in [0, 0.05) is 15.7 Å². The van der Waals surface area contributed by atoms with Crippen molar-refractivity contribution >= 4 is 44.9 Å². The van der Waals surface area contributed by atoms with Crippen LogP contribution in [-0.2, 0) is 0 Å². The standard InChI is InChI=1S/C22H27BrN2O2S/c1-3-4-5-6-7-14-27-19-12-10-18(11-13-19)24-22(28)25-21(26)17-9-8-16(2)20(23)15-17/h8-13,15H,3-7,14H2,1-2H3,(H2,24,25,26,28). The second kappa shape index (κ2) is 11.8. The summed E-state index contributed by atoms with van der Waals surface area (Å²) < 4.78 is 6.64. The molecule has 0 aliphatic carbocycles. The molecule has 0 atom stereocenters. The first-order valence-corrected chi connectivity index (χ1v) is 10.8. The van der Waals surface area contributed by atoms with Gasteiger partial charge >= 0.3 is 0 Å². The molecule has 0 spiro atoms. The average molecular weight is 463 g/mol. The molecule has 0 aliphatic rings. The van der Waals surface area contributed by atoms with Crippen molar-refractivity contribution in [3.63, 3.8) is 0 Å². The topological polar surface area (TPSA) is 50.4 Å². The van der Waals surface area contributed by atoms with E-state index in [9.17, 15) is 4.79 Å². The lowest BCUT2D eigenvalue weighted by Gasteiger charge is -2.11. The van der Waals surface area contributed by atoms with Crippen LogP contribution in [0.25, 0.3) is 0 Å². The Bertz CT molecular complexity index is 794. The third-order valence-corrected chi connectivity index (χ3v) is 5.35. The summed E-state index contributed by atoms with van der Waals surface area (Å²) >= 11 is 8.67. The summed E-state index contributed by atoms with van der Waals surface area (Å²) in [6.45, 7) is 4.92. The molecule has 2 rings (SSSR count). The maximum Gasteiger partial charge on any atom is 0.257 e. The van der Waals surface area contributed by atoms with Gasteiger partial charge in [0.2, 0.25) is 0 Å². The Hall–Kier alpha value is -1.92. The van der Waals surface area contributed by atoms with E-state index in [2.05, 4.69) is 33.5 Å². The zero-order valence-corrected chi connectivity index (χ0v) is 18.8. The van der Waals surface area contributed by atoms with E-state index in [1.807, 2.05) is 37.3 Å². The Morgan fingerprint density at radius 3 is 2.46 bits per heavy atom. The minimum absolute atomic E-state index is 0.249. The summed E-state index contributed by atoms with van der Waals surface area (Å²) in [6.07, 6.45) is 6.09. The van der Waals surface area contributed by atoms with Crippen molar-refractivity contribution in [2.75, 3.05) is 11.9 Å². The molecule has 2 aromatic rings. The van der Waals surface area contributed by atoms with Gasteiger partial charge in [-0.2, -0.15) is 0 Å². The summed E-state index contributed by atoms with van der Waals surface area (Å²) in [6, 6.07) is 13.0. The highest BCUT2D eigenvalue weighted by molar-refractivity contribution is 9.10. The van der Waals surface area contributed by atoms with Gasteiger partial charge in [-0.15, -0.1) is 0 Å². The van der Waals surface area contributed by atoms with Gasteiger partial charge in [-0.25, -0.2) is 0 Å². The van der Waals surface area contributed by atoms with Crippen LogP contribution in [-0.4, -0.2) is 17.6 Å². The first-order valence-electron chi connectivity index (χ1n) is 9.61. The predicted molar refractivity (Wildman–Crippen MR) is 123 cm³/mol. The summed E-state index contributed by atoms with van der Waals surface area (Å²) in [7, 11) is 0. The third kappa shape index (κ3) is 7.60.